The molecule has 1 aliphatic heterocycles. The van der Waals surface area contributed by atoms with Crippen molar-refractivity contribution in [3.05, 3.63) is 60.2 Å². The molecule has 2 aromatic carbocycles. The SMILES string of the molecule is CCC(=O)N1CCC(NC(=O)Nc2ccc(OCc3ccccc3)cc2)CC1. The average Bonchev–Trinajstić information content (AvgIpc) is 2.74. The number of carbonyl (C=O) groups is 2. The minimum Gasteiger partial charge on any atom is -0.489 e. The molecule has 1 heterocycles. The number of carbonyl (C=O) groups excluding carboxylic acids is 2. The lowest BCUT2D eigenvalue weighted by Crippen LogP contribution is -2.47. The molecule has 3 amide bonds. The van der Waals surface area contributed by atoms with Crippen LogP contribution in [0.25, 0.3) is 0 Å². The summed E-state index contributed by atoms with van der Waals surface area (Å²) in [7, 11) is 0. The monoisotopic (exact) mass is 381 g/mol. The van der Waals surface area contributed by atoms with E-state index in [4.69, 9.17) is 4.74 Å². The van der Waals surface area contributed by atoms with E-state index in [0.717, 1.165) is 24.2 Å². The highest BCUT2D eigenvalue weighted by molar-refractivity contribution is 5.89. The largest absolute Gasteiger partial charge is 0.489 e. The standard InChI is InChI=1S/C22H27N3O3/c1-2-21(26)25-14-12-19(13-15-25)24-22(27)23-18-8-10-20(11-9-18)28-16-17-6-4-3-5-7-17/h3-11,19H,2,12-16H2,1H3,(H2,23,24,27). The molecule has 0 aromatic heterocycles. The fourth-order valence-electron chi connectivity index (χ4n) is 3.22. The second-order valence-corrected chi connectivity index (χ2v) is 6.91. The zero-order valence-corrected chi connectivity index (χ0v) is 16.2. The minimum absolute atomic E-state index is 0.0920. The number of likely N-dealkylation sites (tertiary alicyclic amines) is 1. The molecule has 1 aliphatic rings. The van der Waals surface area contributed by atoms with Crippen molar-refractivity contribution in [3.63, 3.8) is 0 Å². The quantitative estimate of drug-likeness (QED) is 0.800. The Balaban J connectivity index is 1.41. The predicted molar refractivity (Wildman–Crippen MR) is 109 cm³/mol. The highest BCUT2D eigenvalue weighted by Gasteiger charge is 2.22. The number of urea groups is 1. The van der Waals surface area contributed by atoms with Crippen LogP contribution in [0, 0.1) is 0 Å². The summed E-state index contributed by atoms with van der Waals surface area (Å²) in [5.74, 6) is 0.931. The molecule has 1 fully saturated rings. The van der Waals surface area contributed by atoms with E-state index in [0.29, 0.717) is 31.8 Å². The van der Waals surface area contributed by atoms with Gasteiger partial charge in [-0.25, -0.2) is 4.79 Å². The minimum atomic E-state index is -0.224. The van der Waals surface area contributed by atoms with E-state index in [2.05, 4.69) is 10.6 Å². The van der Waals surface area contributed by atoms with Gasteiger partial charge in [-0.2, -0.15) is 0 Å². The van der Waals surface area contributed by atoms with E-state index in [1.807, 2.05) is 66.4 Å². The van der Waals surface area contributed by atoms with E-state index in [1.54, 1.807) is 0 Å². The van der Waals surface area contributed by atoms with Gasteiger partial charge in [-0.15, -0.1) is 0 Å². The molecule has 3 rings (SSSR count). The average molecular weight is 381 g/mol. The van der Waals surface area contributed by atoms with Gasteiger partial charge < -0.3 is 20.3 Å². The second kappa shape index (κ2) is 9.78. The second-order valence-electron chi connectivity index (χ2n) is 6.91. The van der Waals surface area contributed by atoms with E-state index in [9.17, 15) is 9.59 Å². The summed E-state index contributed by atoms with van der Waals surface area (Å²) < 4.78 is 5.75. The van der Waals surface area contributed by atoms with Crippen LogP contribution in [0.2, 0.25) is 0 Å². The Morgan fingerprint density at radius 3 is 2.36 bits per heavy atom. The van der Waals surface area contributed by atoms with Gasteiger partial charge in [0.2, 0.25) is 5.91 Å². The zero-order valence-electron chi connectivity index (χ0n) is 16.2. The lowest BCUT2D eigenvalue weighted by Gasteiger charge is -2.32. The molecule has 0 radical (unpaired) electrons. The number of ether oxygens (including phenoxy) is 1. The van der Waals surface area contributed by atoms with Gasteiger partial charge in [0.15, 0.2) is 0 Å². The fourth-order valence-corrected chi connectivity index (χ4v) is 3.22. The molecule has 0 unspecified atom stereocenters. The number of rotatable bonds is 6. The molecule has 1 saturated heterocycles. The smallest absolute Gasteiger partial charge is 0.319 e. The maximum atomic E-state index is 12.2. The number of benzene rings is 2. The Hall–Kier alpha value is -3.02. The van der Waals surface area contributed by atoms with Crippen LogP contribution in [-0.2, 0) is 11.4 Å². The molecule has 0 saturated carbocycles. The number of piperidine rings is 1. The number of hydrogen-bond donors (Lipinski definition) is 2. The van der Waals surface area contributed by atoms with Gasteiger partial charge in [0.05, 0.1) is 0 Å². The van der Waals surface area contributed by atoms with E-state index in [-0.39, 0.29) is 18.0 Å². The maximum absolute atomic E-state index is 12.2. The van der Waals surface area contributed by atoms with Crippen LogP contribution in [0.15, 0.2) is 54.6 Å². The number of amides is 3. The molecule has 0 aliphatic carbocycles. The molecule has 148 valence electrons. The predicted octanol–water partition coefficient (Wildman–Crippen LogP) is 3.79. The summed E-state index contributed by atoms with van der Waals surface area (Å²) in [6.45, 7) is 3.78. The first-order chi connectivity index (χ1) is 13.6. The third-order valence-corrected chi connectivity index (χ3v) is 4.85. The van der Waals surface area contributed by atoms with Gasteiger partial charge in [0.1, 0.15) is 12.4 Å². The van der Waals surface area contributed by atoms with Crippen molar-refractivity contribution in [2.24, 2.45) is 0 Å². The Kier molecular flexibility index (Phi) is 6.89. The normalized spacial score (nSPS) is 14.4. The summed E-state index contributed by atoms with van der Waals surface area (Å²) in [6.07, 6.45) is 2.10. The molecule has 6 nitrogen and oxygen atoms in total. The molecule has 0 spiro atoms. The molecular formula is C22H27N3O3. The topological polar surface area (TPSA) is 70.7 Å². The molecule has 0 atom stereocenters. The maximum Gasteiger partial charge on any atom is 0.319 e. The van der Waals surface area contributed by atoms with Gasteiger partial charge in [0.25, 0.3) is 0 Å². The van der Waals surface area contributed by atoms with Crippen LogP contribution in [0.1, 0.15) is 31.7 Å². The van der Waals surface area contributed by atoms with Crippen molar-refractivity contribution >= 4 is 17.6 Å². The highest BCUT2D eigenvalue weighted by Crippen LogP contribution is 2.17. The van der Waals surface area contributed by atoms with E-state index < -0.39 is 0 Å². The summed E-state index contributed by atoms with van der Waals surface area (Å²) in [5.41, 5.74) is 1.82. The number of nitrogens with zero attached hydrogens (tertiary/aromatic N) is 1. The third-order valence-electron chi connectivity index (χ3n) is 4.85. The van der Waals surface area contributed by atoms with Crippen molar-refractivity contribution in [3.8, 4) is 5.75 Å². The number of anilines is 1. The Labute approximate surface area is 165 Å². The number of nitrogens with one attached hydrogen (secondary N) is 2. The van der Waals surface area contributed by atoms with E-state index in [1.165, 1.54) is 0 Å². The third kappa shape index (κ3) is 5.74. The van der Waals surface area contributed by atoms with Gasteiger partial charge in [-0.1, -0.05) is 37.3 Å². The Bertz CT molecular complexity index is 769. The summed E-state index contributed by atoms with van der Waals surface area (Å²) >= 11 is 0. The summed E-state index contributed by atoms with van der Waals surface area (Å²) in [5, 5.41) is 5.84. The van der Waals surface area contributed by atoms with E-state index >= 15 is 0 Å². The van der Waals surface area contributed by atoms with Gasteiger partial charge >= 0.3 is 6.03 Å². The van der Waals surface area contributed by atoms with Crippen molar-refractivity contribution < 1.29 is 14.3 Å². The molecular weight excluding hydrogens is 354 g/mol. The van der Waals surface area contributed by atoms with Crippen LogP contribution < -0.4 is 15.4 Å². The molecule has 28 heavy (non-hydrogen) atoms. The highest BCUT2D eigenvalue weighted by atomic mass is 16.5. The van der Waals surface area contributed by atoms with Crippen LogP contribution in [0.3, 0.4) is 0 Å². The molecule has 6 heteroatoms. The first-order valence-corrected chi connectivity index (χ1v) is 9.76. The lowest BCUT2D eigenvalue weighted by atomic mass is 10.1. The molecule has 0 bridgehead atoms. The molecule has 2 N–H and O–H groups in total. The van der Waals surface area contributed by atoms with Gasteiger partial charge in [-0.05, 0) is 42.7 Å². The first kappa shape index (κ1) is 19.7. The Morgan fingerprint density at radius 1 is 1.04 bits per heavy atom. The van der Waals surface area contributed by atoms with Crippen LogP contribution in [0.5, 0.6) is 5.75 Å². The van der Waals surface area contributed by atoms with Crippen molar-refractivity contribution in [1.82, 2.24) is 10.2 Å². The van der Waals surface area contributed by atoms with Crippen molar-refractivity contribution in [2.75, 3.05) is 18.4 Å². The van der Waals surface area contributed by atoms with Crippen LogP contribution in [-0.4, -0.2) is 36.0 Å². The first-order valence-electron chi connectivity index (χ1n) is 9.76. The van der Waals surface area contributed by atoms with Crippen LogP contribution in [0.4, 0.5) is 10.5 Å². The Morgan fingerprint density at radius 2 is 1.71 bits per heavy atom. The van der Waals surface area contributed by atoms with Gasteiger partial charge in [-0.3, -0.25) is 4.79 Å². The van der Waals surface area contributed by atoms with Crippen LogP contribution >= 0.6 is 0 Å². The zero-order chi connectivity index (χ0) is 19.8. The summed E-state index contributed by atoms with van der Waals surface area (Å²) in [4.78, 5) is 25.8. The summed E-state index contributed by atoms with van der Waals surface area (Å²) in [6, 6.07) is 17.2. The molecule has 2 aromatic rings. The number of hydrogen-bond acceptors (Lipinski definition) is 3. The van der Waals surface area contributed by atoms with Gasteiger partial charge in [0, 0.05) is 31.2 Å². The fraction of sp³-hybridized carbons (Fsp3) is 0.364. The van der Waals surface area contributed by atoms with Crippen molar-refractivity contribution in [1.29, 1.82) is 0 Å². The van der Waals surface area contributed by atoms with Crippen molar-refractivity contribution in [2.45, 2.75) is 38.8 Å². The lowest BCUT2D eigenvalue weighted by molar-refractivity contribution is -0.131.